The van der Waals surface area contributed by atoms with Gasteiger partial charge in [0.15, 0.2) is 0 Å². The molecule has 16 heteroatoms. The summed E-state index contributed by atoms with van der Waals surface area (Å²) in [4.78, 5) is 65.7. The molecule has 2 aromatic rings. The van der Waals surface area contributed by atoms with Gasteiger partial charge in [0.25, 0.3) is 0 Å². The highest BCUT2D eigenvalue weighted by Gasteiger charge is 2.45. The summed E-state index contributed by atoms with van der Waals surface area (Å²) in [5.41, 5.74) is 5.03. The fourth-order valence-corrected chi connectivity index (χ4v) is 7.29. The molecule has 15 nitrogen and oxygen atoms in total. The van der Waals surface area contributed by atoms with Crippen LogP contribution in [0.4, 0.5) is 4.79 Å². The van der Waals surface area contributed by atoms with Crippen LogP contribution in [0.2, 0.25) is 0 Å². The van der Waals surface area contributed by atoms with Gasteiger partial charge in [-0.15, -0.1) is 0 Å². The molecule has 1 saturated heterocycles. The Morgan fingerprint density at radius 1 is 1.00 bits per heavy atom. The Morgan fingerprint density at radius 2 is 1.72 bits per heavy atom. The van der Waals surface area contributed by atoms with Crippen molar-refractivity contribution in [1.82, 2.24) is 14.9 Å². The monoisotopic (exact) mass is 768 g/mol. The van der Waals surface area contributed by atoms with Crippen LogP contribution in [0.3, 0.4) is 0 Å². The van der Waals surface area contributed by atoms with E-state index in [0.29, 0.717) is 43.6 Å². The van der Waals surface area contributed by atoms with E-state index in [1.165, 1.54) is 11.0 Å². The van der Waals surface area contributed by atoms with Crippen LogP contribution >= 0.6 is 0 Å². The second kappa shape index (κ2) is 17.5. The van der Waals surface area contributed by atoms with Crippen molar-refractivity contribution in [1.29, 1.82) is 0 Å². The van der Waals surface area contributed by atoms with Crippen LogP contribution in [0.1, 0.15) is 69.7 Å². The largest absolute Gasteiger partial charge is 0.457 e. The Balaban J connectivity index is 1.13. The molecule has 0 radical (unpaired) electrons. The quantitative estimate of drug-likeness (QED) is 0.120. The topological polar surface area (TPSA) is 210 Å². The van der Waals surface area contributed by atoms with Crippen molar-refractivity contribution in [2.75, 3.05) is 19.8 Å². The highest BCUT2D eigenvalue weighted by Crippen LogP contribution is 2.40. The van der Waals surface area contributed by atoms with Crippen LogP contribution in [0.15, 0.2) is 66.7 Å². The number of benzene rings is 2. The molecule has 5 rings (SSSR count). The lowest BCUT2D eigenvalue weighted by Gasteiger charge is -2.28. The number of unbranched alkanes of at least 4 members (excludes halogenated alkanes) is 1. The number of amides is 4. The third kappa shape index (κ3) is 11.8. The SMILES string of the molecule is CC(C)(C)OC(=O)N[C@@H](COCCC/C=C\[C@@H]1C[C@@H]1C(=O)NS(=O)(=O)C1CC1)C(=O)N1C[C@H](OC(=O)c2cccc(Oc3ccccc3)c2)CC1C(N)=O. The number of esters is 1. The number of carbonyl (C=O) groups is 5. The maximum Gasteiger partial charge on any atom is 0.408 e. The van der Waals surface area contributed by atoms with E-state index in [1.807, 2.05) is 30.4 Å². The zero-order valence-electron chi connectivity index (χ0n) is 30.6. The van der Waals surface area contributed by atoms with Crippen LogP contribution in [0.5, 0.6) is 11.5 Å². The number of carbonyl (C=O) groups excluding carboxylic acids is 5. The number of hydrogen-bond acceptors (Lipinski definition) is 11. The van der Waals surface area contributed by atoms with Gasteiger partial charge >= 0.3 is 12.1 Å². The number of alkyl carbamates (subject to hydrolysis) is 1. The molecule has 2 aromatic carbocycles. The average Bonchev–Trinajstić information content (AvgIpc) is 4.04. The van der Waals surface area contributed by atoms with Crippen molar-refractivity contribution in [2.45, 2.75) is 88.3 Å². The van der Waals surface area contributed by atoms with Crippen molar-refractivity contribution >= 4 is 39.8 Å². The van der Waals surface area contributed by atoms with E-state index >= 15 is 0 Å². The molecule has 292 valence electrons. The molecule has 4 N–H and O–H groups in total. The van der Waals surface area contributed by atoms with E-state index in [2.05, 4.69) is 10.0 Å². The van der Waals surface area contributed by atoms with Gasteiger partial charge in [-0.25, -0.2) is 18.0 Å². The van der Waals surface area contributed by atoms with Crippen LogP contribution in [-0.4, -0.2) is 91.9 Å². The number of para-hydroxylation sites is 1. The van der Waals surface area contributed by atoms with E-state index < -0.39 is 68.8 Å². The molecular weight excluding hydrogens is 721 g/mol. The van der Waals surface area contributed by atoms with Crippen LogP contribution in [0.25, 0.3) is 0 Å². The third-order valence-electron chi connectivity index (χ3n) is 8.90. The zero-order valence-corrected chi connectivity index (χ0v) is 31.4. The summed E-state index contributed by atoms with van der Waals surface area (Å²) in [6, 6.07) is 13.1. The second-order valence-corrected chi connectivity index (χ2v) is 16.6. The van der Waals surface area contributed by atoms with Gasteiger partial charge in [-0.3, -0.25) is 19.1 Å². The summed E-state index contributed by atoms with van der Waals surface area (Å²) in [5, 5.41) is 2.08. The van der Waals surface area contributed by atoms with E-state index in [9.17, 15) is 32.4 Å². The van der Waals surface area contributed by atoms with Gasteiger partial charge in [0, 0.05) is 18.9 Å². The van der Waals surface area contributed by atoms with Crippen LogP contribution in [0, 0.1) is 11.8 Å². The lowest BCUT2D eigenvalue weighted by molar-refractivity contribution is -0.140. The molecule has 0 bridgehead atoms. The fourth-order valence-electron chi connectivity index (χ4n) is 5.93. The van der Waals surface area contributed by atoms with Crippen LogP contribution in [-0.2, 0) is 38.6 Å². The Morgan fingerprint density at radius 3 is 2.41 bits per heavy atom. The third-order valence-corrected chi connectivity index (χ3v) is 10.7. The summed E-state index contributed by atoms with van der Waals surface area (Å²) in [6.07, 6.45) is 4.89. The summed E-state index contributed by atoms with van der Waals surface area (Å²) in [7, 11) is -3.57. The van der Waals surface area contributed by atoms with Crippen molar-refractivity contribution in [3.63, 3.8) is 0 Å². The average molecular weight is 769 g/mol. The van der Waals surface area contributed by atoms with Crippen molar-refractivity contribution in [3.8, 4) is 11.5 Å². The molecule has 3 fully saturated rings. The highest BCUT2D eigenvalue weighted by atomic mass is 32.2. The normalized spacial score (nSPS) is 21.6. The Labute approximate surface area is 314 Å². The van der Waals surface area contributed by atoms with Gasteiger partial charge < -0.3 is 34.9 Å². The first kappa shape index (κ1) is 40.2. The van der Waals surface area contributed by atoms with Crippen molar-refractivity contribution in [3.05, 3.63) is 72.3 Å². The first-order chi connectivity index (χ1) is 25.6. The first-order valence-electron chi connectivity index (χ1n) is 18.0. The number of ether oxygens (including phenoxy) is 4. The number of primary amides is 1. The fraction of sp³-hybridized carbons (Fsp3) is 0.500. The zero-order chi connectivity index (χ0) is 39.0. The molecule has 2 aliphatic carbocycles. The molecule has 5 atom stereocenters. The smallest absolute Gasteiger partial charge is 0.408 e. The number of nitrogens with zero attached hydrogens (tertiary/aromatic N) is 1. The molecule has 4 amide bonds. The maximum atomic E-state index is 13.9. The molecule has 0 spiro atoms. The number of sulfonamides is 1. The number of allylic oxidation sites excluding steroid dienone is 2. The molecule has 3 aliphatic rings. The Bertz CT molecular complexity index is 1830. The Hall–Kier alpha value is -4.96. The number of nitrogens with two attached hydrogens (primary N) is 1. The summed E-state index contributed by atoms with van der Waals surface area (Å²) in [6.45, 7) is 4.83. The van der Waals surface area contributed by atoms with Crippen molar-refractivity contribution in [2.24, 2.45) is 17.6 Å². The van der Waals surface area contributed by atoms with Gasteiger partial charge in [0.1, 0.15) is 35.3 Å². The predicted molar refractivity (Wildman–Crippen MR) is 196 cm³/mol. The molecule has 54 heavy (non-hydrogen) atoms. The lowest BCUT2D eigenvalue weighted by atomic mass is 10.1. The predicted octanol–water partition coefficient (Wildman–Crippen LogP) is 3.58. The number of likely N-dealkylation sites (tertiary alicyclic amines) is 1. The Kier molecular flexibility index (Phi) is 13.0. The standard InChI is InChI=1S/C38H48N4O11S/c1-38(2,3)53-37(47)40-31(23-50-18-9-5-6-11-24-20-30(24)34(44)41-54(48,49)29-16-17-29)35(45)42-22-28(21-32(42)33(39)43)52-36(46)25-12-10-15-27(19-25)51-26-13-7-4-8-14-26/h4,6-8,10-15,19,24,28-32H,5,9,16-18,20-23H2,1-3H3,(H2,39,43)(H,40,47)(H,41,44)/b11-6-/t24-,28-,30+,31+,32?/m1/s1. The van der Waals surface area contributed by atoms with Gasteiger partial charge in [-0.1, -0.05) is 36.4 Å². The van der Waals surface area contributed by atoms with E-state index in [0.717, 1.165) is 0 Å². The minimum absolute atomic E-state index is 0.0269. The molecule has 1 heterocycles. The van der Waals surface area contributed by atoms with E-state index in [1.54, 1.807) is 51.1 Å². The minimum atomic E-state index is -3.57. The summed E-state index contributed by atoms with van der Waals surface area (Å²) in [5.74, 6) is -2.00. The first-order valence-corrected chi connectivity index (χ1v) is 19.6. The number of rotatable bonds is 17. The van der Waals surface area contributed by atoms with Gasteiger partial charge in [0.05, 0.1) is 24.0 Å². The van der Waals surface area contributed by atoms with Gasteiger partial charge in [0.2, 0.25) is 27.7 Å². The maximum absolute atomic E-state index is 13.9. The molecule has 1 aliphatic heterocycles. The lowest BCUT2D eigenvalue weighted by Crippen LogP contribution is -2.55. The minimum Gasteiger partial charge on any atom is -0.457 e. The van der Waals surface area contributed by atoms with E-state index in [4.69, 9.17) is 24.7 Å². The van der Waals surface area contributed by atoms with Crippen LogP contribution < -0.4 is 20.5 Å². The number of hydrogen-bond donors (Lipinski definition) is 3. The van der Waals surface area contributed by atoms with E-state index in [-0.39, 0.29) is 43.6 Å². The van der Waals surface area contributed by atoms with Crippen molar-refractivity contribution < 1.29 is 51.3 Å². The molecule has 2 saturated carbocycles. The second-order valence-electron chi connectivity index (χ2n) is 14.7. The molecule has 0 aromatic heterocycles. The summed E-state index contributed by atoms with van der Waals surface area (Å²) < 4.78 is 48.9. The van der Waals surface area contributed by atoms with Gasteiger partial charge in [-0.05, 0) is 89.1 Å². The number of nitrogens with one attached hydrogen (secondary N) is 2. The molecule has 1 unspecified atom stereocenters. The highest BCUT2D eigenvalue weighted by molar-refractivity contribution is 7.90. The molecular formula is C38H48N4O11S. The summed E-state index contributed by atoms with van der Waals surface area (Å²) >= 11 is 0. The van der Waals surface area contributed by atoms with Gasteiger partial charge in [-0.2, -0.15) is 0 Å².